The number of nitrogens with one attached hydrogen (secondary N) is 1. The molecule has 43 heavy (non-hydrogen) atoms. The number of rotatable bonds is 15. The Bertz CT molecular complexity index is 1370. The normalized spacial score (nSPS) is 14.5. The number of benzene rings is 2. The van der Waals surface area contributed by atoms with Crippen LogP contribution in [0, 0.1) is 5.41 Å². The third-order valence-corrected chi connectivity index (χ3v) is 9.38. The number of hydrogen-bond acceptors (Lipinski definition) is 8. The fourth-order valence-corrected chi connectivity index (χ4v) is 6.58. The fourth-order valence-electron chi connectivity index (χ4n) is 4.95. The molecule has 1 unspecified atom stereocenters. The predicted molar refractivity (Wildman–Crippen MR) is 171 cm³/mol. The number of nitrogens with zero attached hydrogens (tertiary/aromatic N) is 3. The van der Waals surface area contributed by atoms with Gasteiger partial charge in [0.2, 0.25) is 0 Å². The summed E-state index contributed by atoms with van der Waals surface area (Å²) >= 11 is 0. The summed E-state index contributed by atoms with van der Waals surface area (Å²) in [6.07, 6.45) is 3.47. The monoisotopic (exact) mass is 605 g/mol. The van der Waals surface area contributed by atoms with Crippen LogP contribution in [0.25, 0.3) is 0 Å². The van der Waals surface area contributed by atoms with Gasteiger partial charge in [-0.15, -0.1) is 0 Å². The van der Waals surface area contributed by atoms with Crippen LogP contribution in [-0.4, -0.2) is 71.1 Å². The van der Waals surface area contributed by atoms with E-state index in [0.29, 0.717) is 55.9 Å². The van der Waals surface area contributed by atoms with Crippen molar-refractivity contribution in [2.45, 2.75) is 46.1 Å². The summed E-state index contributed by atoms with van der Waals surface area (Å²) in [5, 5.41) is 9.14. The van der Waals surface area contributed by atoms with Gasteiger partial charge in [-0.05, 0) is 66.3 Å². The predicted octanol–water partition coefficient (Wildman–Crippen LogP) is 6.05. The second-order valence-electron chi connectivity index (χ2n) is 10.6. The highest BCUT2D eigenvalue weighted by Crippen LogP contribution is 2.56. The average molecular weight is 606 g/mol. The Morgan fingerprint density at radius 3 is 2.21 bits per heavy atom. The first-order valence-corrected chi connectivity index (χ1v) is 16.5. The van der Waals surface area contributed by atoms with Crippen LogP contribution in [0.4, 0.5) is 0 Å². The number of aliphatic imine (C=N–C) groups is 1. The van der Waals surface area contributed by atoms with Crippen molar-refractivity contribution in [3.8, 4) is 5.75 Å². The Balaban J connectivity index is 1.54. The summed E-state index contributed by atoms with van der Waals surface area (Å²) in [4.78, 5) is 35.0. The fraction of sp³-hybridized carbons (Fsp3) is 0.394. The van der Waals surface area contributed by atoms with E-state index in [-0.39, 0.29) is 24.3 Å². The molecule has 0 bridgehead atoms. The SMILES string of the molecule is CCO[P+](O)(CCN1CCN=C(C(C(=N)c2ccncc2)c2ccc(OCc3ccc(C(C)C)cc3)cc2)C1=O)OCC. The Hall–Kier alpha value is -3.49. The molecule has 2 heterocycles. The van der Waals surface area contributed by atoms with Crippen molar-refractivity contribution in [3.63, 3.8) is 0 Å². The van der Waals surface area contributed by atoms with Crippen molar-refractivity contribution < 1.29 is 23.5 Å². The van der Waals surface area contributed by atoms with Gasteiger partial charge in [0.25, 0.3) is 5.91 Å². The highest BCUT2D eigenvalue weighted by molar-refractivity contribution is 7.60. The number of ether oxygens (including phenoxy) is 1. The largest absolute Gasteiger partial charge is 0.489 e. The summed E-state index contributed by atoms with van der Waals surface area (Å²) in [5.41, 5.74) is 4.33. The Morgan fingerprint density at radius 1 is 0.977 bits per heavy atom. The van der Waals surface area contributed by atoms with E-state index in [0.717, 1.165) is 11.1 Å². The second-order valence-corrected chi connectivity index (χ2v) is 12.8. The van der Waals surface area contributed by atoms with E-state index in [9.17, 15) is 9.69 Å². The zero-order chi connectivity index (χ0) is 30.8. The van der Waals surface area contributed by atoms with E-state index in [1.165, 1.54) is 5.56 Å². The zero-order valence-electron chi connectivity index (χ0n) is 25.4. The first-order chi connectivity index (χ1) is 20.7. The van der Waals surface area contributed by atoms with E-state index < -0.39 is 13.9 Å². The highest BCUT2D eigenvalue weighted by Gasteiger charge is 2.42. The van der Waals surface area contributed by atoms with Crippen LogP contribution in [0.15, 0.2) is 78.0 Å². The molecule has 1 aliphatic heterocycles. The van der Waals surface area contributed by atoms with Gasteiger partial charge in [-0.1, -0.05) is 50.2 Å². The van der Waals surface area contributed by atoms with Gasteiger partial charge in [0.05, 0.1) is 37.9 Å². The molecule has 1 aliphatic rings. The van der Waals surface area contributed by atoms with Gasteiger partial charge >= 0.3 is 7.94 Å². The van der Waals surface area contributed by atoms with Crippen LogP contribution in [-0.2, 0) is 20.4 Å². The molecule has 0 radical (unpaired) electrons. The van der Waals surface area contributed by atoms with Crippen molar-refractivity contribution in [2.75, 3.05) is 39.0 Å². The number of hydrogen-bond donors (Lipinski definition) is 2. The van der Waals surface area contributed by atoms with Gasteiger partial charge in [-0.25, -0.2) is 0 Å². The lowest BCUT2D eigenvalue weighted by molar-refractivity contribution is -0.124. The third kappa shape index (κ3) is 8.54. The van der Waals surface area contributed by atoms with Crippen LogP contribution in [0.5, 0.6) is 5.75 Å². The second kappa shape index (κ2) is 15.3. The minimum absolute atomic E-state index is 0.201. The summed E-state index contributed by atoms with van der Waals surface area (Å²) in [7, 11) is -3.07. The Morgan fingerprint density at radius 2 is 1.60 bits per heavy atom. The summed E-state index contributed by atoms with van der Waals surface area (Å²) in [5.74, 6) is 0.214. The maximum atomic E-state index is 13.8. The topological polar surface area (TPSA) is 117 Å². The minimum atomic E-state index is -3.07. The molecule has 0 saturated heterocycles. The molecule has 1 aromatic heterocycles. The van der Waals surface area contributed by atoms with E-state index in [2.05, 4.69) is 48.1 Å². The summed E-state index contributed by atoms with van der Waals surface area (Å²) in [6.45, 7) is 10.1. The molecule has 1 amide bonds. The smallest absolute Gasteiger partial charge is 0.410 e. The number of amides is 1. The van der Waals surface area contributed by atoms with Gasteiger partial charge in [0.15, 0.2) is 6.16 Å². The summed E-state index contributed by atoms with van der Waals surface area (Å²) in [6, 6.07) is 19.5. The number of aromatic nitrogens is 1. The van der Waals surface area contributed by atoms with Crippen molar-refractivity contribution in [1.29, 1.82) is 5.41 Å². The first kappa shape index (κ1) is 32.4. The molecule has 2 aromatic carbocycles. The molecule has 2 N–H and O–H groups in total. The standard InChI is InChI=1S/C33H42N4O5P/c1-5-41-43(39,42-6-2)22-21-37-20-19-36-32(33(37)38)30(31(34)28-15-17-35-18-16-28)27-11-13-29(14-12-27)40-23-25-7-9-26(10-8-25)24(3)4/h7-18,24,30,34,39H,5-6,19-23H2,1-4H3/q+1. The van der Waals surface area contributed by atoms with Gasteiger partial charge in [-0.3, -0.25) is 14.8 Å². The van der Waals surface area contributed by atoms with Gasteiger partial charge < -0.3 is 15.0 Å². The minimum Gasteiger partial charge on any atom is -0.489 e. The quantitative estimate of drug-likeness (QED) is 0.161. The molecule has 4 rings (SSSR count). The average Bonchev–Trinajstić information content (AvgIpc) is 3.02. The van der Waals surface area contributed by atoms with Crippen molar-refractivity contribution >= 4 is 25.3 Å². The molecule has 3 aromatic rings. The number of carbonyl (C=O) groups excluding carboxylic acids is 1. The molecular formula is C33H42N4O5P+. The lowest BCUT2D eigenvalue weighted by Crippen LogP contribution is -2.47. The first-order valence-electron chi connectivity index (χ1n) is 14.8. The number of pyridine rings is 1. The van der Waals surface area contributed by atoms with Crippen molar-refractivity contribution in [3.05, 3.63) is 95.3 Å². The Labute approximate surface area is 255 Å². The van der Waals surface area contributed by atoms with E-state index >= 15 is 0 Å². The lowest BCUT2D eigenvalue weighted by Gasteiger charge is -2.30. The molecule has 0 aliphatic carbocycles. The van der Waals surface area contributed by atoms with E-state index in [1.807, 2.05) is 24.3 Å². The molecule has 10 heteroatoms. The van der Waals surface area contributed by atoms with Crippen LogP contribution in [0.3, 0.4) is 0 Å². The van der Waals surface area contributed by atoms with Gasteiger partial charge in [-0.2, -0.15) is 13.9 Å². The molecule has 0 saturated carbocycles. The molecule has 228 valence electrons. The molecule has 9 nitrogen and oxygen atoms in total. The van der Waals surface area contributed by atoms with Crippen molar-refractivity contribution in [1.82, 2.24) is 9.88 Å². The maximum Gasteiger partial charge on any atom is 0.410 e. The van der Waals surface area contributed by atoms with Gasteiger partial charge in [0, 0.05) is 18.9 Å². The van der Waals surface area contributed by atoms with Crippen molar-refractivity contribution in [2.24, 2.45) is 4.99 Å². The van der Waals surface area contributed by atoms with Crippen LogP contribution in [0.1, 0.15) is 61.8 Å². The highest BCUT2D eigenvalue weighted by atomic mass is 31.2. The molecule has 0 spiro atoms. The molecule has 0 fully saturated rings. The lowest BCUT2D eigenvalue weighted by atomic mass is 9.85. The summed E-state index contributed by atoms with van der Waals surface area (Å²) < 4.78 is 17.1. The van der Waals surface area contributed by atoms with E-state index in [1.54, 1.807) is 43.3 Å². The molecule has 1 atom stereocenters. The zero-order valence-corrected chi connectivity index (χ0v) is 26.3. The number of carbonyl (C=O) groups is 1. The third-order valence-electron chi connectivity index (χ3n) is 7.29. The molecular weight excluding hydrogens is 563 g/mol. The van der Waals surface area contributed by atoms with E-state index in [4.69, 9.17) is 19.2 Å². The van der Waals surface area contributed by atoms with Crippen LogP contribution < -0.4 is 4.74 Å². The van der Waals surface area contributed by atoms with Crippen LogP contribution in [0.2, 0.25) is 0 Å². The Kier molecular flexibility index (Phi) is 11.5. The van der Waals surface area contributed by atoms with Gasteiger partial charge in [0.1, 0.15) is 18.1 Å². The van der Waals surface area contributed by atoms with Crippen LogP contribution >= 0.6 is 7.94 Å². The maximum absolute atomic E-state index is 13.8.